The van der Waals surface area contributed by atoms with E-state index in [9.17, 15) is 48.6 Å². The number of nitrogens with two attached hydrogens (primary N) is 2. The Balaban J connectivity index is 2.29. The van der Waals surface area contributed by atoms with Crippen molar-refractivity contribution in [1.29, 1.82) is 0 Å². The van der Waals surface area contributed by atoms with Crippen LogP contribution in [0, 0.1) is 11.8 Å². The molecular formula is C38H54N8O10. The van der Waals surface area contributed by atoms with E-state index >= 15 is 0 Å². The maximum Gasteiger partial charge on any atom is 0.305 e. The summed E-state index contributed by atoms with van der Waals surface area (Å²) in [5.41, 5.74) is 12.4. The molecule has 7 atom stereocenters. The Morgan fingerprint density at radius 2 is 1.14 bits per heavy atom. The number of nitrogens with one attached hydrogen (secondary N) is 6. The van der Waals surface area contributed by atoms with Crippen molar-refractivity contribution < 1.29 is 48.6 Å². The van der Waals surface area contributed by atoms with Crippen LogP contribution in [0.3, 0.4) is 0 Å². The van der Waals surface area contributed by atoms with Crippen LogP contribution in [0.1, 0.15) is 65.0 Å². The average molecular weight is 783 g/mol. The minimum atomic E-state index is -1.73. The highest BCUT2D eigenvalue weighted by Crippen LogP contribution is 2.20. The van der Waals surface area contributed by atoms with Crippen molar-refractivity contribution in [3.05, 3.63) is 65.7 Å². The number of carbonyl (C=O) groups is 8. The van der Waals surface area contributed by atoms with E-state index in [0.717, 1.165) is 0 Å². The number of hydrogen-bond donors (Lipinski definition) is 10. The number of rotatable bonds is 21. The Labute approximate surface area is 325 Å². The average Bonchev–Trinajstić information content (AvgIpc) is 3.13. The van der Waals surface area contributed by atoms with Crippen LogP contribution in [-0.4, -0.2) is 100 Å². The van der Waals surface area contributed by atoms with E-state index in [1.54, 1.807) is 77.1 Å². The van der Waals surface area contributed by atoms with Gasteiger partial charge in [-0.2, -0.15) is 0 Å². The zero-order valence-corrected chi connectivity index (χ0v) is 32.3. The lowest BCUT2D eigenvalue weighted by molar-refractivity contribution is -0.142. The molecule has 56 heavy (non-hydrogen) atoms. The van der Waals surface area contributed by atoms with Crippen molar-refractivity contribution in [3.63, 3.8) is 0 Å². The minimum Gasteiger partial charge on any atom is -0.508 e. The van der Waals surface area contributed by atoms with Crippen molar-refractivity contribution in [2.24, 2.45) is 23.3 Å². The van der Waals surface area contributed by atoms with Crippen LogP contribution in [0.2, 0.25) is 0 Å². The highest BCUT2D eigenvalue weighted by Gasteiger charge is 2.36. The molecule has 0 heterocycles. The molecule has 0 unspecified atom stereocenters. The van der Waals surface area contributed by atoms with Gasteiger partial charge in [-0.25, -0.2) is 0 Å². The van der Waals surface area contributed by atoms with Crippen LogP contribution in [0.15, 0.2) is 54.6 Å². The van der Waals surface area contributed by atoms with Gasteiger partial charge in [-0.1, -0.05) is 77.1 Å². The zero-order chi connectivity index (χ0) is 42.3. The summed E-state index contributed by atoms with van der Waals surface area (Å²) in [4.78, 5) is 103. The van der Waals surface area contributed by atoms with Gasteiger partial charge in [0, 0.05) is 5.92 Å². The number of aromatic hydroxyl groups is 1. The van der Waals surface area contributed by atoms with E-state index in [-0.39, 0.29) is 12.2 Å². The molecule has 0 aromatic heterocycles. The second-order valence-corrected chi connectivity index (χ2v) is 14.2. The third kappa shape index (κ3) is 14.7. The second kappa shape index (κ2) is 21.7. The quantitative estimate of drug-likeness (QED) is 0.0725. The fourth-order valence-corrected chi connectivity index (χ4v) is 5.51. The number of phenolic OH excluding ortho intramolecular Hbond substituents is 1. The van der Waals surface area contributed by atoms with Gasteiger partial charge in [-0.05, 0) is 48.4 Å². The summed E-state index contributed by atoms with van der Waals surface area (Å²) in [7, 11) is 0. The smallest absolute Gasteiger partial charge is 0.305 e. The van der Waals surface area contributed by atoms with E-state index in [4.69, 9.17) is 11.5 Å². The van der Waals surface area contributed by atoms with E-state index in [1.165, 1.54) is 19.1 Å². The largest absolute Gasteiger partial charge is 0.508 e. The molecule has 0 saturated carbocycles. The van der Waals surface area contributed by atoms with Gasteiger partial charge in [0.25, 0.3) is 0 Å². The van der Waals surface area contributed by atoms with Gasteiger partial charge >= 0.3 is 5.97 Å². The fourth-order valence-electron chi connectivity index (χ4n) is 5.51. The van der Waals surface area contributed by atoms with Crippen LogP contribution >= 0.6 is 0 Å². The Morgan fingerprint density at radius 3 is 1.68 bits per heavy atom. The molecule has 2 aromatic rings. The molecule has 0 bridgehead atoms. The molecule has 2 aromatic carbocycles. The van der Waals surface area contributed by atoms with E-state index in [1.807, 2.05) is 0 Å². The van der Waals surface area contributed by atoms with Gasteiger partial charge in [-0.3, -0.25) is 38.4 Å². The lowest BCUT2D eigenvalue weighted by Crippen LogP contribution is -2.61. The minimum absolute atomic E-state index is 0.0421. The molecule has 0 aliphatic rings. The van der Waals surface area contributed by atoms with Crippen LogP contribution in [0.4, 0.5) is 0 Å². The SMILES string of the molecule is CC(C)[C@H](NC(=O)[C@H](CC(=O)O)NC(=O)[C@@H](NC(=O)[C@@H](C)NC(=O)[C@@H](N)Cc1ccc(O)cc1)[C@@H](C)c1ccccc1)C(=O)N[C@H](C(=O)NCC(N)=O)C(C)C. The lowest BCUT2D eigenvalue weighted by Gasteiger charge is -2.30. The summed E-state index contributed by atoms with van der Waals surface area (Å²) in [6.07, 6.45) is -0.798. The molecule has 18 nitrogen and oxygen atoms in total. The second-order valence-electron chi connectivity index (χ2n) is 14.2. The number of aliphatic carboxylic acids is 1. The molecular weight excluding hydrogens is 728 g/mol. The molecule has 0 aliphatic carbocycles. The van der Waals surface area contributed by atoms with Gasteiger partial charge in [0.05, 0.1) is 19.0 Å². The van der Waals surface area contributed by atoms with Crippen molar-refractivity contribution in [2.45, 2.75) is 96.6 Å². The van der Waals surface area contributed by atoms with Crippen LogP contribution in [0.5, 0.6) is 5.75 Å². The Hall–Kier alpha value is -6.04. The Morgan fingerprint density at radius 1 is 0.625 bits per heavy atom. The Kier molecular flexibility index (Phi) is 17.9. The molecule has 0 fully saturated rings. The fraction of sp³-hybridized carbons (Fsp3) is 0.474. The molecule has 306 valence electrons. The van der Waals surface area contributed by atoms with E-state index < -0.39 is 114 Å². The zero-order valence-electron chi connectivity index (χ0n) is 32.3. The standard InChI is InChI=1S/C38H54N8O10/c1-19(2)30(36(54)41-18-28(40)48)45-37(55)31(20(3)4)44-35(53)27(17-29(49)50)43-38(56)32(21(5)24-10-8-7-9-11-24)46-33(51)22(6)42-34(52)26(39)16-23-12-14-25(47)15-13-23/h7-15,19-22,26-27,30-32,47H,16-18,39H2,1-6H3,(H2,40,48)(H,41,54)(H,42,52)(H,43,56)(H,44,53)(H,45,55)(H,46,51)(H,49,50)/t21-,22+,26-,27-,30-,31-,32-/m0/s1. The third-order valence-corrected chi connectivity index (χ3v) is 8.83. The highest BCUT2D eigenvalue weighted by atomic mass is 16.4. The molecule has 2 rings (SSSR count). The van der Waals surface area contributed by atoms with Crippen LogP contribution in [-0.2, 0) is 44.8 Å². The van der Waals surface area contributed by atoms with E-state index in [0.29, 0.717) is 11.1 Å². The number of hydrogen-bond acceptors (Lipinski definition) is 10. The molecule has 0 radical (unpaired) electrons. The summed E-state index contributed by atoms with van der Waals surface area (Å²) in [6.45, 7) is 9.03. The van der Waals surface area contributed by atoms with Crippen molar-refractivity contribution in [3.8, 4) is 5.75 Å². The number of carbonyl (C=O) groups excluding carboxylic acids is 7. The monoisotopic (exact) mass is 782 g/mol. The Bertz CT molecular complexity index is 1700. The first-order valence-electron chi connectivity index (χ1n) is 18.1. The maximum absolute atomic E-state index is 13.9. The molecule has 18 heteroatoms. The molecule has 0 aliphatic heterocycles. The number of carboxylic acid groups (broad SMARTS) is 1. The van der Waals surface area contributed by atoms with Gasteiger partial charge in [0.15, 0.2) is 0 Å². The first kappa shape index (κ1) is 46.1. The predicted octanol–water partition coefficient (Wildman–Crippen LogP) is -1.10. The van der Waals surface area contributed by atoms with Crippen molar-refractivity contribution in [1.82, 2.24) is 31.9 Å². The van der Waals surface area contributed by atoms with Gasteiger partial charge in [0.2, 0.25) is 41.4 Å². The first-order valence-corrected chi connectivity index (χ1v) is 18.1. The highest BCUT2D eigenvalue weighted by molar-refractivity contribution is 5.98. The summed E-state index contributed by atoms with van der Waals surface area (Å²) in [6, 6.07) is 6.87. The summed E-state index contributed by atoms with van der Waals surface area (Å²) in [5, 5.41) is 34.1. The normalized spacial score (nSPS) is 14.8. The van der Waals surface area contributed by atoms with Crippen LogP contribution < -0.4 is 43.4 Å². The van der Waals surface area contributed by atoms with Gasteiger partial charge in [-0.15, -0.1) is 0 Å². The first-order chi connectivity index (χ1) is 26.2. The van der Waals surface area contributed by atoms with Crippen molar-refractivity contribution in [2.75, 3.05) is 6.54 Å². The summed E-state index contributed by atoms with van der Waals surface area (Å²) in [5.74, 6) is -8.88. The number of benzene rings is 2. The van der Waals surface area contributed by atoms with Gasteiger partial charge in [0.1, 0.15) is 36.0 Å². The lowest BCUT2D eigenvalue weighted by atomic mass is 9.92. The predicted molar refractivity (Wildman–Crippen MR) is 204 cm³/mol. The van der Waals surface area contributed by atoms with Gasteiger partial charge < -0.3 is 53.6 Å². The summed E-state index contributed by atoms with van der Waals surface area (Å²) < 4.78 is 0. The number of primary amides is 1. The number of phenols is 1. The van der Waals surface area contributed by atoms with Crippen molar-refractivity contribution >= 4 is 47.3 Å². The third-order valence-electron chi connectivity index (χ3n) is 8.83. The summed E-state index contributed by atoms with van der Waals surface area (Å²) >= 11 is 0. The molecule has 0 spiro atoms. The topological polar surface area (TPSA) is 301 Å². The number of amides is 7. The number of carboxylic acids is 1. The molecule has 12 N–H and O–H groups in total. The van der Waals surface area contributed by atoms with E-state index in [2.05, 4.69) is 31.9 Å². The van der Waals surface area contributed by atoms with Crippen LogP contribution in [0.25, 0.3) is 0 Å². The molecule has 7 amide bonds. The maximum atomic E-state index is 13.9. The molecule has 0 saturated heterocycles.